The van der Waals surface area contributed by atoms with Crippen molar-refractivity contribution in [1.82, 2.24) is 15.3 Å². The summed E-state index contributed by atoms with van der Waals surface area (Å²) in [4.78, 5) is 38.5. The molecule has 0 aliphatic carbocycles. The van der Waals surface area contributed by atoms with Gasteiger partial charge >= 0.3 is 5.97 Å². The van der Waals surface area contributed by atoms with E-state index in [2.05, 4.69) is 9.94 Å². The second-order valence-corrected chi connectivity index (χ2v) is 4.36. The summed E-state index contributed by atoms with van der Waals surface area (Å²) in [5.74, 6) is -2.16. The van der Waals surface area contributed by atoms with Crippen LogP contribution in [0.5, 0.6) is 0 Å². The van der Waals surface area contributed by atoms with Crippen LogP contribution < -0.4 is 10.9 Å². The molecule has 0 spiro atoms. The Labute approximate surface area is 124 Å². The van der Waals surface area contributed by atoms with Crippen LogP contribution in [-0.4, -0.2) is 33.4 Å². The van der Waals surface area contributed by atoms with Gasteiger partial charge in [-0.1, -0.05) is 18.2 Å². The number of benzene rings is 1. The van der Waals surface area contributed by atoms with Crippen LogP contribution in [0, 0.1) is 6.92 Å². The van der Waals surface area contributed by atoms with Gasteiger partial charge in [-0.05, 0) is 19.1 Å². The third-order valence-electron chi connectivity index (χ3n) is 2.68. The van der Waals surface area contributed by atoms with Gasteiger partial charge in [-0.15, -0.1) is 0 Å². The van der Waals surface area contributed by atoms with Crippen molar-refractivity contribution >= 4 is 11.9 Å². The summed E-state index contributed by atoms with van der Waals surface area (Å²) in [6, 6.07) is 10.2. The summed E-state index contributed by atoms with van der Waals surface area (Å²) in [6.07, 6.45) is 0. The van der Waals surface area contributed by atoms with Gasteiger partial charge in [0.15, 0.2) is 12.3 Å². The lowest BCUT2D eigenvalue weighted by Crippen LogP contribution is -2.33. The molecule has 114 valence electrons. The first-order valence-corrected chi connectivity index (χ1v) is 6.29. The van der Waals surface area contributed by atoms with Crippen LogP contribution in [0.2, 0.25) is 0 Å². The molecule has 2 rings (SSSR count). The monoisotopic (exact) mass is 303 g/mol. The van der Waals surface area contributed by atoms with Crippen molar-refractivity contribution in [3.8, 4) is 5.69 Å². The number of carboxylic acid groups (broad SMARTS) is 1. The fourth-order valence-electron chi connectivity index (χ4n) is 1.75. The second-order valence-electron chi connectivity index (χ2n) is 4.36. The third kappa shape index (κ3) is 3.55. The Kier molecular flexibility index (Phi) is 4.64. The molecule has 22 heavy (non-hydrogen) atoms. The molecule has 1 amide bonds. The Balaban J connectivity index is 2.31. The zero-order chi connectivity index (χ0) is 16.1. The molecule has 0 atom stereocenters. The molecule has 1 aromatic carbocycles. The molecular weight excluding hydrogens is 290 g/mol. The van der Waals surface area contributed by atoms with E-state index in [9.17, 15) is 14.4 Å². The van der Waals surface area contributed by atoms with Gasteiger partial charge in [0.2, 0.25) is 5.43 Å². The van der Waals surface area contributed by atoms with Crippen LogP contribution in [0.4, 0.5) is 0 Å². The van der Waals surface area contributed by atoms with Crippen LogP contribution >= 0.6 is 0 Å². The number of carbonyl (C=O) groups is 2. The molecule has 0 fully saturated rings. The number of amides is 1. The van der Waals surface area contributed by atoms with Crippen molar-refractivity contribution in [1.29, 1.82) is 0 Å². The van der Waals surface area contributed by atoms with Gasteiger partial charge in [-0.2, -0.15) is 5.10 Å². The summed E-state index contributed by atoms with van der Waals surface area (Å²) < 4.78 is 1.44. The minimum absolute atomic E-state index is 0.389. The zero-order valence-electron chi connectivity index (χ0n) is 11.6. The molecule has 2 aromatic rings. The van der Waals surface area contributed by atoms with Crippen molar-refractivity contribution in [3.05, 3.63) is 58.0 Å². The van der Waals surface area contributed by atoms with Crippen LogP contribution in [0.1, 0.15) is 16.2 Å². The fourth-order valence-corrected chi connectivity index (χ4v) is 1.75. The summed E-state index contributed by atoms with van der Waals surface area (Å²) in [5, 5.41) is 12.4. The van der Waals surface area contributed by atoms with E-state index in [1.165, 1.54) is 10.7 Å². The number of nitrogens with zero attached hydrogens (tertiary/aromatic N) is 2. The maximum absolute atomic E-state index is 11.9. The van der Waals surface area contributed by atoms with Crippen molar-refractivity contribution < 1.29 is 19.5 Å². The normalized spacial score (nSPS) is 10.2. The lowest BCUT2D eigenvalue weighted by atomic mass is 10.3. The number of hydrogen-bond donors (Lipinski definition) is 2. The number of carbonyl (C=O) groups excluding carboxylic acids is 1. The summed E-state index contributed by atoms with van der Waals surface area (Å²) in [5.41, 5.74) is 2.14. The van der Waals surface area contributed by atoms with Gasteiger partial charge in [0.05, 0.1) is 5.69 Å². The third-order valence-corrected chi connectivity index (χ3v) is 2.68. The SMILES string of the molecule is Cc1cc(=O)c(C(=O)NOCC(=O)O)nn1-c1ccccc1. The average molecular weight is 303 g/mol. The highest BCUT2D eigenvalue weighted by Gasteiger charge is 2.15. The lowest BCUT2D eigenvalue weighted by Gasteiger charge is -2.10. The molecule has 2 N–H and O–H groups in total. The number of hydrogen-bond acceptors (Lipinski definition) is 5. The quantitative estimate of drug-likeness (QED) is 0.768. The minimum Gasteiger partial charge on any atom is -0.479 e. The van der Waals surface area contributed by atoms with E-state index in [0.29, 0.717) is 11.4 Å². The second kappa shape index (κ2) is 6.64. The molecule has 0 unspecified atom stereocenters. The predicted molar refractivity (Wildman–Crippen MR) is 75.6 cm³/mol. The molecule has 0 radical (unpaired) electrons. The number of nitrogens with one attached hydrogen (secondary N) is 1. The smallest absolute Gasteiger partial charge is 0.332 e. The predicted octanol–water partition coefficient (Wildman–Crippen LogP) is 0.287. The van der Waals surface area contributed by atoms with Gasteiger partial charge in [0, 0.05) is 11.8 Å². The van der Waals surface area contributed by atoms with E-state index >= 15 is 0 Å². The van der Waals surface area contributed by atoms with Crippen molar-refractivity contribution in [2.75, 3.05) is 6.61 Å². The molecule has 8 heteroatoms. The first-order chi connectivity index (χ1) is 10.5. The topological polar surface area (TPSA) is 111 Å². The highest BCUT2D eigenvalue weighted by Crippen LogP contribution is 2.07. The Morgan fingerprint density at radius 2 is 2.00 bits per heavy atom. The van der Waals surface area contributed by atoms with Gasteiger partial charge in [-0.25, -0.2) is 15.0 Å². The van der Waals surface area contributed by atoms with Gasteiger partial charge in [0.25, 0.3) is 5.91 Å². The summed E-state index contributed by atoms with van der Waals surface area (Å²) >= 11 is 0. The number of hydroxylamine groups is 1. The summed E-state index contributed by atoms with van der Waals surface area (Å²) in [7, 11) is 0. The number of aromatic nitrogens is 2. The van der Waals surface area contributed by atoms with Crippen LogP contribution in [0.25, 0.3) is 5.69 Å². The van der Waals surface area contributed by atoms with E-state index in [0.717, 1.165) is 0 Å². The molecule has 1 heterocycles. The Morgan fingerprint density at radius 1 is 1.32 bits per heavy atom. The standard InChI is InChI=1S/C14H13N3O5/c1-9-7-11(18)13(14(21)16-22-8-12(19)20)15-17(9)10-5-3-2-4-6-10/h2-7H,8H2,1H3,(H,16,21)(H,19,20). The van der Waals surface area contributed by atoms with Crippen molar-refractivity contribution in [2.45, 2.75) is 6.92 Å². The highest BCUT2D eigenvalue weighted by molar-refractivity contribution is 5.91. The number of para-hydroxylation sites is 1. The van der Waals surface area contributed by atoms with Crippen LogP contribution in [0.3, 0.4) is 0 Å². The molecule has 8 nitrogen and oxygen atoms in total. The van der Waals surface area contributed by atoms with E-state index in [4.69, 9.17) is 5.11 Å². The number of carboxylic acids is 1. The van der Waals surface area contributed by atoms with E-state index < -0.39 is 23.9 Å². The maximum Gasteiger partial charge on any atom is 0.332 e. The van der Waals surface area contributed by atoms with E-state index in [1.807, 2.05) is 11.5 Å². The zero-order valence-corrected chi connectivity index (χ0v) is 11.6. The molecule has 0 saturated carbocycles. The number of rotatable bonds is 5. The lowest BCUT2D eigenvalue weighted by molar-refractivity contribution is -0.144. The van der Waals surface area contributed by atoms with Crippen LogP contribution in [-0.2, 0) is 9.63 Å². The molecule has 0 aliphatic rings. The number of aryl methyl sites for hydroxylation is 1. The van der Waals surface area contributed by atoms with Crippen molar-refractivity contribution in [2.24, 2.45) is 0 Å². The maximum atomic E-state index is 11.9. The van der Waals surface area contributed by atoms with E-state index in [1.54, 1.807) is 31.2 Å². The van der Waals surface area contributed by atoms with Gasteiger partial charge in [0.1, 0.15) is 0 Å². The molecule has 0 saturated heterocycles. The Hall–Kier alpha value is -3.00. The van der Waals surface area contributed by atoms with Crippen LogP contribution in [0.15, 0.2) is 41.2 Å². The summed E-state index contributed by atoms with van der Waals surface area (Å²) in [6.45, 7) is 0.967. The van der Waals surface area contributed by atoms with Crippen molar-refractivity contribution in [3.63, 3.8) is 0 Å². The first kappa shape index (κ1) is 15.4. The molecule has 0 bridgehead atoms. The Morgan fingerprint density at radius 3 is 2.64 bits per heavy atom. The fraction of sp³-hybridized carbons (Fsp3) is 0.143. The highest BCUT2D eigenvalue weighted by atomic mass is 16.7. The Bertz CT molecular complexity index is 755. The molecular formula is C14H13N3O5. The average Bonchev–Trinajstić information content (AvgIpc) is 2.47. The van der Waals surface area contributed by atoms with Gasteiger partial charge < -0.3 is 5.11 Å². The first-order valence-electron chi connectivity index (χ1n) is 6.29. The largest absolute Gasteiger partial charge is 0.479 e. The molecule has 1 aromatic heterocycles. The number of aliphatic carboxylic acids is 1. The van der Waals surface area contributed by atoms with Gasteiger partial charge in [-0.3, -0.25) is 14.4 Å². The van der Waals surface area contributed by atoms with E-state index in [-0.39, 0.29) is 5.69 Å². The minimum atomic E-state index is -1.25. The molecule has 0 aliphatic heterocycles.